The van der Waals surface area contributed by atoms with Gasteiger partial charge in [0.25, 0.3) is 0 Å². The molecular weight excluding hydrogens is 316 g/mol. The van der Waals surface area contributed by atoms with E-state index in [4.69, 9.17) is 0 Å². The second-order valence-corrected chi connectivity index (χ2v) is 13.5. The van der Waals surface area contributed by atoms with Crippen molar-refractivity contribution in [2.45, 2.75) is 39.0 Å². The summed E-state index contributed by atoms with van der Waals surface area (Å²) in [7, 11) is -1.38. The molecule has 0 spiro atoms. The Balaban J connectivity index is 2.00. The van der Waals surface area contributed by atoms with Gasteiger partial charge in [0.2, 0.25) is 0 Å². The molecule has 0 fully saturated rings. The molecule has 0 aliphatic carbocycles. The summed E-state index contributed by atoms with van der Waals surface area (Å²) < 4.78 is 0. The van der Waals surface area contributed by atoms with Crippen molar-refractivity contribution < 1.29 is 0 Å². The molecule has 0 aliphatic heterocycles. The summed E-state index contributed by atoms with van der Waals surface area (Å²) in [5.41, 5.74) is 8.68. The van der Waals surface area contributed by atoms with E-state index in [-0.39, 0.29) is 0 Å². The summed E-state index contributed by atoms with van der Waals surface area (Å²) in [6, 6.07) is 27.0. The summed E-state index contributed by atoms with van der Waals surface area (Å²) in [6.45, 7) is 11.7. The van der Waals surface area contributed by atoms with Gasteiger partial charge in [-0.05, 0) is 36.1 Å². The van der Waals surface area contributed by atoms with Crippen LogP contribution in [-0.4, -0.2) is 8.07 Å². The minimum Gasteiger partial charge on any atom is -0.0688 e. The SMILES string of the molecule is Cc1cc(C)cc(-c2ccc(C(c3ccccc3)[Si](C)(C)C)cc2)c1. The van der Waals surface area contributed by atoms with Crippen LogP contribution in [0.25, 0.3) is 11.1 Å². The molecule has 1 atom stereocenters. The Kier molecular flexibility index (Phi) is 4.96. The molecule has 0 N–H and O–H groups in total. The van der Waals surface area contributed by atoms with E-state index in [1.54, 1.807) is 0 Å². The van der Waals surface area contributed by atoms with Gasteiger partial charge in [0.1, 0.15) is 0 Å². The van der Waals surface area contributed by atoms with Gasteiger partial charge in [0.15, 0.2) is 0 Å². The molecule has 3 aromatic rings. The fourth-order valence-corrected chi connectivity index (χ4v) is 6.23. The molecule has 0 nitrogen and oxygen atoms in total. The first kappa shape index (κ1) is 17.7. The molecule has 1 heteroatoms. The standard InChI is InChI=1S/C24H28Si/c1-18-15-19(2)17-23(16-18)20-11-13-22(14-12-20)24(25(3,4)5)21-9-7-6-8-10-21/h6-17,24H,1-5H3. The van der Waals surface area contributed by atoms with Crippen LogP contribution < -0.4 is 0 Å². The Morgan fingerprint density at radius 3 is 1.64 bits per heavy atom. The lowest BCUT2D eigenvalue weighted by molar-refractivity contribution is 1.07. The van der Waals surface area contributed by atoms with E-state index in [1.807, 2.05) is 0 Å². The van der Waals surface area contributed by atoms with Crippen molar-refractivity contribution in [3.63, 3.8) is 0 Å². The molecule has 1 unspecified atom stereocenters. The number of benzene rings is 3. The zero-order chi connectivity index (χ0) is 18.0. The van der Waals surface area contributed by atoms with Crippen molar-refractivity contribution in [3.05, 3.63) is 95.1 Å². The summed E-state index contributed by atoms with van der Waals surface area (Å²) >= 11 is 0. The normalized spacial score (nSPS) is 12.8. The van der Waals surface area contributed by atoms with E-state index in [0.717, 1.165) is 0 Å². The topological polar surface area (TPSA) is 0 Å². The van der Waals surface area contributed by atoms with Crippen molar-refractivity contribution in [3.8, 4) is 11.1 Å². The van der Waals surface area contributed by atoms with Gasteiger partial charge >= 0.3 is 0 Å². The highest BCUT2D eigenvalue weighted by atomic mass is 28.3. The maximum absolute atomic E-state index is 2.46. The zero-order valence-corrected chi connectivity index (χ0v) is 17.0. The van der Waals surface area contributed by atoms with E-state index in [2.05, 4.69) is 106 Å². The number of rotatable bonds is 4. The van der Waals surface area contributed by atoms with E-state index in [9.17, 15) is 0 Å². The van der Waals surface area contributed by atoms with E-state index < -0.39 is 8.07 Å². The van der Waals surface area contributed by atoms with Gasteiger partial charge in [-0.2, -0.15) is 0 Å². The second kappa shape index (κ2) is 7.01. The molecule has 0 saturated heterocycles. The van der Waals surface area contributed by atoms with Crippen LogP contribution in [0.4, 0.5) is 0 Å². The second-order valence-electron chi connectivity index (χ2n) is 8.21. The average Bonchev–Trinajstić information content (AvgIpc) is 2.54. The lowest BCUT2D eigenvalue weighted by Crippen LogP contribution is -2.31. The van der Waals surface area contributed by atoms with Gasteiger partial charge in [-0.25, -0.2) is 0 Å². The molecule has 0 aliphatic rings. The Bertz CT molecular complexity index is 819. The first-order valence-corrected chi connectivity index (χ1v) is 12.7. The lowest BCUT2D eigenvalue weighted by Gasteiger charge is -2.30. The highest BCUT2D eigenvalue weighted by Crippen LogP contribution is 2.35. The van der Waals surface area contributed by atoms with Gasteiger partial charge < -0.3 is 0 Å². The van der Waals surface area contributed by atoms with Crippen LogP contribution in [0.2, 0.25) is 19.6 Å². The highest BCUT2D eigenvalue weighted by molar-refractivity contribution is 6.78. The molecule has 3 aromatic carbocycles. The minimum atomic E-state index is -1.38. The van der Waals surface area contributed by atoms with Crippen LogP contribution in [0.1, 0.15) is 27.8 Å². The third-order valence-electron chi connectivity index (χ3n) is 4.80. The van der Waals surface area contributed by atoms with Crippen molar-refractivity contribution in [1.29, 1.82) is 0 Å². The Hall–Kier alpha value is -2.12. The van der Waals surface area contributed by atoms with Crippen LogP contribution in [0.15, 0.2) is 72.8 Å². The number of aryl methyl sites for hydroxylation is 2. The van der Waals surface area contributed by atoms with E-state index >= 15 is 0 Å². The van der Waals surface area contributed by atoms with Crippen LogP contribution in [-0.2, 0) is 0 Å². The van der Waals surface area contributed by atoms with Crippen molar-refractivity contribution in [1.82, 2.24) is 0 Å². The van der Waals surface area contributed by atoms with E-state index in [0.29, 0.717) is 5.54 Å². The third-order valence-corrected chi connectivity index (χ3v) is 7.20. The first-order chi connectivity index (χ1) is 11.8. The molecule has 0 heterocycles. The van der Waals surface area contributed by atoms with Gasteiger partial charge in [-0.3, -0.25) is 0 Å². The molecular formula is C24H28Si. The average molecular weight is 345 g/mol. The van der Waals surface area contributed by atoms with E-state index in [1.165, 1.54) is 33.4 Å². The lowest BCUT2D eigenvalue weighted by atomic mass is 9.97. The van der Waals surface area contributed by atoms with Crippen LogP contribution in [0.5, 0.6) is 0 Å². The van der Waals surface area contributed by atoms with Crippen molar-refractivity contribution >= 4 is 8.07 Å². The molecule has 0 radical (unpaired) electrons. The maximum atomic E-state index is 2.46. The molecule has 3 rings (SSSR count). The Morgan fingerprint density at radius 2 is 1.12 bits per heavy atom. The predicted octanol–water partition coefficient (Wildman–Crippen LogP) is 6.98. The van der Waals surface area contributed by atoms with Crippen LogP contribution >= 0.6 is 0 Å². The van der Waals surface area contributed by atoms with Gasteiger partial charge in [-0.15, -0.1) is 0 Å². The van der Waals surface area contributed by atoms with Crippen molar-refractivity contribution in [2.24, 2.45) is 0 Å². The van der Waals surface area contributed by atoms with Gasteiger partial charge in [0.05, 0.1) is 8.07 Å². The molecule has 128 valence electrons. The summed E-state index contributed by atoms with van der Waals surface area (Å²) in [5.74, 6) is 0. The van der Waals surface area contributed by atoms with Crippen LogP contribution in [0.3, 0.4) is 0 Å². The van der Waals surface area contributed by atoms with Crippen molar-refractivity contribution in [2.75, 3.05) is 0 Å². The monoisotopic (exact) mass is 344 g/mol. The highest BCUT2D eigenvalue weighted by Gasteiger charge is 2.29. The van der Waals surface area contributed by atoms with Crippen LogP contribution in [0, 0.1) is 13.8 Å². The van der Waals surface area contributed by atoms with Gasteiger partial charge in [-0.1, -0.05) is 104 Å². The first-order valence-electron chi connectivity index (χ1n) is 9.08. The quantitative estimate of drug-likeness (QED) is 0.448. The summed E-state index contributed by atoms with van der Waals surface area (Å²) in [4.78, 5) is 0. The largest absolute Gasteiger partial charge is 0.0688 e. The third kappa shape index (κ3) is 4.11. The molecule has 25 heavy (non-hydrogen) atoms. The smallest absolute Gasteiger partial charge is 0.0573 e. The maximum Gasteiger partial charge on any atom is 0.0573 e. The Labute approximate surface area is 153 Å². The molecule has 0 bridgehead atoms. The Morgan fingerprint density at radius 1 is 0.600 bits per heavy atom. The summed E-state index contributed by atoms with van der Waals surface area (Å²) in [6.07, 6.45) is 0. The minimum absolute atomic E-state index is 0.530. The number of hydrogen-bond donors (Lipinski definition) is 0. The molecule has 0 aromatic heterocycles. The predicted molar refractivity (Wildman–Crippen MR) is 113 cm³/mol. The molecule has 0 saturated carbocycles. The number of hydrogen-bond acceptors (Lipinski definition) is 0. The fourth-order valence-electron chi connectivity index (χ4n) is 3.85. The summed E-state index contributed by atoms with van der Waals surface area (Å²) in [5, 5.41) is 0. The fraction of sp³-hybridized carbons (Fsp3) is 0.250. The molecule has 0 amide bonds. The zero-order valence-electron chi connectivity index (χ0n) is 16.0. The van der Waals surface area contributed by atoms with Gasteiger partial charge in [0, 0.05) is 5.54 Å².